The summed E-state index contributed by atoms with van der Waals surface area (Å²) in [5.74, 6) is 0.502. The lowest BCUT2D eigenvalue weighted by molar-refractivity contribution is 0.597. The Morgan fingerprint density at radius 3 is 2.88 bits per heavy atom. The number of para-hydroxylation sites is 1. The molecule has 0 radical (unpaired) electrons. The van der Waals surface area contributed by atoms with E-state index >= 15 is 0 Å². The number of rotatable bonds is 5. The molecule has 17 heavy (non-hydrogen) atoms. The second-order valence-corrected chi connectivity index (χ2v) is 5.73. The number of fused-ring (bicyclic) bond motifs is 1. The van der Waals surface area contributed by atoms with Crippen LogP contribution in [0, 0.1) is 0 Å². The molecule has 92 valence electrons. The van der Waals surface area contributed by atoms with Gasteiger partial charge in [0.2, 0.25) is 10.0 Å². The SMILES string of the molecule is CCCCS(=O)(=O)Nc1n[nH]c2ccccc12. The van der Waals surface area contributed by atoms with Crippen LogP contribution in [0.3, 0.4) is 0 Å². The molecular formula is C11H15N3O2S. The number of aromatic nitrogens is 2. The van der Waals surface area contributed by atoms with E-state index in [9.17, 15) is 8.42 Å². The topological polar surface area (TPSA) is 74.8 Å². The van der Waals surface area contributed by atoms with E-state index in [1.54, 1.807) is 0 Å². The van der Waals surface area contributed by atoms with Gasteiger partial charge in [-0.25, -0.2) is 8.42 Å². The minimum Gasteiger partial charge on any atom is -0.276 e. The zero-order valence-electron chi connectivity index (χ0n) is 9.60. The first-order valence-electron chi connectivity index (χ1n) is 5.56. The van der Waals surface area contributed by atoms with Crippen LogP contribution >= 0.6 is 0 Å². The van der Waals surface area contributed by atoms with Crippen LogP contribution in [0.1, 0.15) is 19.8 Å². The molecule has 2 N–H and O–H groups in total. The number of benzene rings is 1. The monoisotopic (exact) mass is 253 g/mol. The summed E-state index contributed by atoms with van der Waals surface area (Å²) in [4.78, 5) is 0. The molecule has 6 heteroatoms. The van der Waals surface area contributed by atoms with Crippen molar-refractivity contribution in [2.45, 2.75) is 19.8 Å². The molecule has 1 aromatic heterocycles. The summed E-state index contributed by atoms with van der Waals surface area (Å²) in [6, 6.07) is 7.40. The summed E-state index contributed by atoms with van der Waals surface area (Å²) in [6.07, 6.45) is 1.50. The van der Waals surface area contributed by atoms with Gasteiger partial charge in [-0.2, -0.15) is 5.10 Å². The van der Waals surface area contributed by atoms with Crippen molar-refractivity contribution in [1.29, 1.82) is 0 Å². The molecule has 0 atom stereocenters. The largest absolute Gasteiger partial charge is 0.276 e. The number of unbranched alkanes of at least 4 members (excludes halogenated alkanes) is 1. The van der Waals surface area contributed by atoms with Gasteiger partial charge in [0.05, 0.1) is 11.3 Å². The molecule has 0 saturated heterocycles. The summed E-state index contributed by atoms with van der Waals surface area (Å²) in [6.45, 7) is 1.96. The number of anilines is 1. The maximum Gasteiger partial charge on any atom is 0.233 e. The highest BCUT2D eigenvalue weighted by molar-refractivity contribution is 7.92. The predicted molar refractivity (Wildman–Crippen MR) is 68.4 cm³/mol. The number of nitrogens with one attached hydrogen (secondary N) is 2. The van der Waals surface area contributed by atoms with Gasteiger partial charge in [0, 0.05) is 5.39 Å². The second kappa shape index (κ2) is 4.75. The zero-order valence-corrected chi connectivity index (χ0v) is 10.4. The third kappa shape index (κ3) is 2.76. The number of H-pyrrole nitrogens is 1. The minimum absolute atomic E-state index is 0.130. The molecule has 0 aliphatic carbocycles. The Hall–Kier alpha value is -1.56. The fourth-order valence-electron chi connectivity index (χ4n) is 1.57. The van der Waals surface area contributed by atoms with Crippen molar-refractivity contribution in [1.82, 2.24) is 10.2 Å². The summed E-state index contributed by atoms with van der Waals surface area (Å²) in [5, 5.41) is 7.55. The average molecular weight is 253 g/mol. The van der Waals surface area contributed by atoms with E-state index in [4.69, 9.17) is 0 Å². The molecule has 0 aliphatic rings. The quantitative estimate of drug-likeness (QED) is 0.857. The van der Waals surface area contributed by atoms with Crippen LogP contribution in [-0.4, -0.2) is 24.4 Å². The van der Waals surface area contributed by atoms with E-state index in [0.29, 0.717) is 12.2 Å². The zero-order chi connectivity index (χ0) is 12.3. The number of sulfonamides is 1. The van der Waals surface area contributed by atoms with Crippen LogP contribution in [0.5, 0.6) is 0 Å². The molecule has 0 aliphatic heterocycles. The van der Waals surface area contributed by atoms with E-state index in [-0.39, 0.29) is 5.75 Å². The van der Waals surface area contributed by atoms with Crippen molar-refractivity contribution in [3.05, 3.63) is 24.3 Å². The van der Waals surface area contributed by atoms with Crippen molar-refractivity contribution < 1.29 is 8.42 Å². The van der Waals surface area contributed by atoms with Gasteiger partial charge in [-0.15, -0.1) is 0 Å². The lowest BCUT2D eigenvalue weighted by atomic mass is 10.2. The lowest BCUT2D eigenvalue weighted by Crippen LogP contribution is -2.16. The van der Waals surface area contributed by atoms with Gasteiger partial charge in [0.15, 0.2) is 5.82 Å². The maximum atomic E-state index is 11.7. The van der Waals surface area contributed by atoms with Crippen LogP contribution in [0.15, 0.2) is 24.3 Å². The van der Waals surface area contributed by atoms with Gasteiger partial charge < -0.3 is 0 Å². The molecule has 0 unspecified atom stereocenters. The van der Waals surface area contributed by atoms with E-state index in [2.05, 4.69) is 14.9 Å². The number of hydrogen-bond donors (Lipinski definition) is 2. The number of hydrogen-bond acceptors (Lipinski definition) is 3. The Morgan fingerprint density at radius 2 is 2.12 bits per heavy atom. The summed E-state index contributed by atoms with van der Waals surface area (Å²) < 4.78 is 26.0. The Bertz CT molecular complexity index is 604. The van der Waals surface area contributed by atoms with Crippen molar-refractivity contribution in [2.24, 2.45) is 0 Å². The smallest absolute Gasteiger partial charge is 0.233 e. The van der Waals surface area contributed by atoms with E-state index in [1.807, 2.05) is 31.2 Å². The summed E-state index contributed by atoms with van der Waals surface area (Å²) in [5.41, 5.74) is 0.820. The molecule has 0 spiro atoms. The molecule has 0 fully saturated rings. The Labute approximate surface area is 100 Å². The van der Waals surface area contributed by atoms with Crippen LogP contribution in [-0.2, 0) is 10.0 Å². The normalized spacial score (nSPS) is 11.8. The van der Waals surface area contributed by atoms with Gasteiger partial charge in [-0.3, -0.25) is 9.82 Å². The van der Waals surface area contributed by atoms with Gasteiger partial charge >= 0.3 is 0 Å². The average Bonchev–Trinajstić information content (AvgIpc) is 2.70. The van der Waals surface area contributed by atoms with Crippen molar-refractivity contribution in [3.63, 3.8) is 0 Å². The Morgan fingerprint density at radius 1 is 1.35 bits per heavy atom. The minimum atomic E-state index is -3.29. The summed E-state index contributed by atoms with van der Waals surface area (Å²) >= 11 is 0. The second-order valence-electron chi connectivity index (χ2n) is 3.89. The van der Waals surface area contributed by atoms with Crippen LogP contribution < -0.4 is 4.72 Å². The molecular weight excluding hydrogens is 238 g/mol. The molecule has 0 bridgehead atoms. The lowest BCUT2D eigenvalue weighted by Gasteiger charge is -2.04. The van der Waals surface area contributed by atoms with Gasteiger partial charge in [0.1, 0.15) is 0 Å². The van der Waals surface area contributed by atoms with Crippen LogP contribution in [0.4, 0.5) is 5.82 Å². The van der Waals surface area contributed by atoms with E-state index in [1.165, 1.54) is 0 Å². The molecule has 0 saturated carbocycles. The molecule has 2 aromatic rings. The van der Waals surface area contributed by atoms with Crippen molar-refractivity contribution in [2.75, 3.05) is 10.5 Å². The maximum absolute atomic E-state index is 11.7. The number of aromatic amines is 1. The molecule has 0 amide bonds. The first-order chi connectivity index (χ1) is 8.12. The molecule has 2 rings (SSSR count). The molecule has 1 aromatic carbocycles. The van der Waals surface area contributed by atoms with Gasteiger partial charge in [-0.05, 0) is 18.6 Å². The van der Waals surface area contributed by atoms with Gasteiger partial charge in [0.25, 0.3) is 0 Å². The standard InChI is InChI=1S/C11H15N3O2S/c1-2-3-8-17(15,16)14-11-9-6-4-5-7-10(9)12-13-11/h4-7H,2-3,8H2,1H3,(H2,12,13,14). The highest BCUT2D eigenvalue weighted by Crippen LogP contribution is 2.20. The molecule has 5 nitrogen and oxygen atoms in total. The van der Waals surface area contributed by atoms with Crippen LogP contribution in [0.25, 0.3) is 10.9 Å². The third-order valence-corrected chi connectivity index (χ3v) is 3.82. The highest BCUT2D eigenvalue weighted by atomic mass is 32.2. The van der Waals surface area contributed by atoms with E-state index in [0.717, 1.165) is 17.3 Å². The van der Waals surface area contributed by atoms with Crippen molar-refractivity contribution in [3.8, 4) is 0 Å². The Balaban J connectivity index is 2.24. The van der Waals surface area contributed by atoms with Crippen LogP contribution in [0.2, 0.25) is 0 Å². The fourth-order valence-corrected chi connectivity index (χ4v) is 2.79. The molecule has 1 heterocycles. The predicted octanol–water partition coefficient (Wildman–Crippen LogP) is 2.10. The van der Waals surface area contributed by atoms with Gasteiger partial charge in [-0.1, -0.05) is 25.5 Å². The Kier molecular flexibility index (Phi) is 3.33. The first-order valence-corrected chi connectivity index (χ1v) is 7.21. The third-order valence-electron chi connectivity index (χ3n) is 2.49. The number of nitrogens with zero attached hydrogens (tertiary/aromatic N) is 1. The van der Waals surface area contributed by atoms with Crippen molar-refractivity contribution >= 4 is 26.7 Å². The highest BCUT2D eigenvalue weighted by Gasteiger charge is 2.13. The summed E-state index contributed by atoms with van der Waals surface area (Å²) in [7, 11) is -3.29. The van der Waals surface area contributed by atoms with E-state index < -0.39 is 10.0 Å². The first kappa shape index (κ1) is 11.9. The fraction of sp³-hybridized carbons (Fsp3) is 0.364.